The van der Waals surface area contributed by atoms with E-state index in [4.69, 9.17) is 0 Å². The average molecular weight is 329 g/mol. The van der Waals surface area contributed by atoms with Gasteiger partial charge >= 0.3 is 0 Å². The minimum Gasteiger partial charge on any atom is -0.357 e. The monoisotopic (exact) mass is 328 g/mol. The van der Waals surface area contributed by atoms with Crippen LogP contribution < -0.4 is 5.32 Å². The molecule has 1 aromatic rings. The van der Waals surface area contributed by atoms with Gasteiger partial charge in [-0.05, 0) is 47.0 Å². The van der Waals surface area contributed by atoms with Crippen LogP contribution in [0.2, 0.25) is 0 Å². The van der Waals surface area contributed by atoms with Gasteiger partial charge in [0.25, 0.3) is 5.91 Å². The van der Waals surface area contributed by atoms with Crippen molar-refractivity contribution in [3.63, 3.8) is 0 Å². The molecule has 19 heavy (non-hydrogen) atoms. The quantitative estimate of drug-likeness (QED) is 0.901. The summed E-state index contributed by atoms with van der Waals surface area (Å²) in [5.74, 6) is -0.970. The number of amides is 2. The van der Waals surface area contributed by atoms with Crippen LogP contribution in [0.4, 0.5) is 4.39 Å². The molecule has 0 aliphatic carbocycles. The topological polar surface area (TPSA) is 49.4 Å². The Hall–Kier alpha value is -1.43. The summed E-state index contributed by atoms with van der Waals surface area (Å²) in [6.45, 7) is 0.522. The lowest BCUT2D eigenvalue weighted by Crippen LogP contribution is -2.44. The zero-order valence-corrected chi connectivity index (χ0v) is 12.0. The third kappa shape index (κ3) is 2.78. The van der Waals surface area contributed by atoms with E-state index in [1.54, 1.807) is 13.1 Å². The van der Waals surface area contributed by atoms with Gasteiger partial charge in [0, 0.05) is 19.2 Å². The highest BCUT2D eigenvalue weighted by Crippen LogP contribution is 2.22. The molecule has 0 bridgehead atoms. The number of carbonyl (C=O) groups excluding carboxylic acids is 2. The summed E-state index contributed by atoms with van der Waals surface area (Å²) in [5, 5.41) is 2.55. The van der Waals surface area contributed by atoms with Gasteiger partial charge in [0.05, 0.1) is 4.47 Å². The van der Waals surface area contributed by atoms with Gasteiger partial charge in [-0.2, -0.15) is 0 Å². The predicted molar refractivity (Wildman–Crippen MR) is 72.2 cm³/mol. The Kier molecular flexibility index (Phi) is 4.19. The standard InChI is InChI=1S/C13H14BrFN2O2/c1-16-12(18)11-3-2-6-17(11)13(19)8-4-5-9(14)10(15)7-8/h4-5,7,11H,2-3,6H2,1H3,(H,16,18). The summed E-state index contributed by atoms with van der Waals surface area (Å²) in [5.41, 5.74) is 0.261. The molecule has 0 spiro atoms. The smallest absolute Gasteiger partial charge is 0.254 e. The highest BCUT2D eigenvalue weighted by molar-refractivity contribution is 9.10. The molecule has 102 valence electrons. The Balaban J connectivity index is 2.23. The molecule has 2 amide bonds. The van der Waals surface area contributed by atoms with E-state index < -0.39 is 11.9 Å². The van der Waals surface area contributed by atoms with E-state index in [1.165, 1.54) is 17.0 Å². The van der Waals surface area contributed by atoms with E-state index in [0.717, 1.165) is 6.42 Å². The van der Waals surface area contributed by atoms with Gasteiger partial charge in [-0.15, -0.1) is 0 Å². The van der Waals surface area contributed by atoms with E-state index >= 15 is 0 Å². The summed E-state index contributed by atoms with van der Waals surface area (Å²) in [6.07, 6.45) is 1.42. The van der Waals surface area contributed by atoms with E-state index in [9.17, 15) is 14.0 Å². The van der Waals surface area contributed by atoms with Crippen molar-refractivity contribution in [3.8, 4) is 0 Å². The molecule has 1 atom stereocenters. The maximum Gasteiger partial charge on any atom is 0.254 e. The molecule has 0 aromatic heterocycles. The number of rotatable bonds is 2. The number of likely N-dealkylation sites (N-methyl/N-ethyl adjacent to an activating group) is 1. The van der Waals surface area contributed by atoms with Crippen LogP contribution in [0, 0.1) is 5.82 Å². The Morgan fingerprint density at radius 3 is 2.84 bits per heavy atom. The summed E-state index contributed by atoms with van der Waals surface area (Å²) in [6, 6.07) is 3.78. The van der Waals surface area contributed by atoms with Gasteiger partial charge in [-0.3, -0.25) is 9.59 Å². The summed E-state index contributed by atoms with van der Waals surface area (Å²) in [4.78, 5) is 25.5. The lowest BCUT2D eigenvalue weighted by molar-refractivity contribution is -0.124. The predicted octanol–water partition coefficient (Wildman–Crippen LogP) is 1.94. The number of hydrogen-bond donors (Lipinski definition) is 1. The molecule has 1 aromatic carbocycles. The van der Waals surface area contributed by atoms with Gasteiger partial charge < -0.3 is 10.2 Å². The highest BCUT2D eigenvalue weighted by atomic mass is 79.9. The van der Waals surface area contributed by atoms with Gasteiger partial charge in [0.2, 0.25) is 5.91 Å². The van der Waals surface area contributed by atoms with Crippen LogP contribution in [0.15, 0.2) is 22.7 Å². The van der Waals surface area contributed by atoms with Crippen molar-refractivity contribution < 1.29 is 14.0 Å². The van der Waals surface area contributed by atoms with E-state index in [1.807, 2.05) is 0 Å². The van der Waals surface area contributed by atoms with Gasteiger partial charge in [-0.1, -0.05) is 0 Å². The lowest BCUT2D eigenvalue weighted by Gasteiger charge is -2.23. The second-order valence-electron chi connectivity index (χ2n) is 4.40. The van der Waals surface area contributed by atoms with Crippen LogP contribution in [0.3, 0.4) is 0 Å². The van der Waals surface area contributed by atoms with Crippen molar-refractivity contribution in [1.29, 1.82) is 0 Å². The molecule has 1 N–H and O–H groups in total. The van der Waals surface area contributed by atoms with Crippen LogP contribution in [0.1, 0.15) is 23.2 Å². The first-order valence-electron chi connectivity index (χ1n) is 6.02. The summed E-state index contributed by atoms with van der Waals surface area (Å²) < 4.78 is 13.8. The zero-order chi connectivity index (χ0) is 14.0. The molecule has 4 nitrogen and oxygen atoms in total. The fourth-order valence-electron chi connectivity index (χ4n) is 2.24. The Morgan fingerprint density at radius 2 is 2.21 bits per heavy atom. The summed E-state index contributed by atoms with van der Waals surface area (Å²) in [7, 11) is 1.54. The van der Waals surface area contributed by atoms with E-state index in [0.29, 0.717) is 17.4 Å². The maximum atomic E-state index is 13.5. The maximum absolute atomic E-state index is 13.5. The first-order chi connectivity index (χ1) is 9.04. The molecule has 1 aliphatic heterocycles. The number of carbonyl (C=O) groups is 2. The molecule has 6 heteroatoms. The van der Waals surface area contributed by atoms with E-state index in [-0.39, 0.29) is 17.4 Å². The van der Waals surface area contributed by atoms with Crippen LogP contribution >= 0.6 is 15.9 Å². The van der Waals surface area contributed by atoms with Crippen molar-refractivity contribution >= 4 is 27.7 Å². The molecule has 2 rings (SSSR count). The molecule has 0 radical (unpaired) electrons. The van der Waals surface area contributed by atoms with Crippen molar-refractivity contribution in [3.05, 3.63) is 34.1 Å². The molecule has 1 fully saturated rings. The molecular weight excluding hydrogens is 315 g/mol. The Morgan fingerprint density at radius 1 is 1.47 bits per heavy atom. The molecule has 0 saturated carbocycles. The Bertz CT molecular complexity index is 521. The van der Waals surface area contributed by atoms with Crippen LogP contribution in [0.5, 0.6) is 0 Å². The first kappa shape index (κ1) is 14.0. The summed E-state index contributed by atoms with van der Waals surface area (Å²) >= 11 is 3.04. The second kappa shape index (κ2) is 5.69. The van der Waals surface area contributed by atoms with E-state index in [2.05, 4.69) is 21.2 Å². The first-order valence-corrected chi connectivity index (χ1v) is 6.81. The van der Waals surface area contributed by atoms with Gasteiger partial charge in [0.1, 0.15) is 11.9 Å². The largest absolute Gasteiger partial charge is 0.357 e. The van der Waals surface area contributed by atoms with Crippen LogP contribution in [-0.4, -0.2) is 36.3 Å². The number of likely N-dealkylation sites (tertiary alicyclic amines) is 1. The number of halogens is 2. The third-order valence-corrected chi connectivity index (χ3v) is 3.87. The minimum atomic E-state index is -0.485. The van der Waals surface area contributed by atoms with Gasteiger partial charge in [-0.25, -0.2) is 4.39 Å². The van der Waals surface area contributed by atoms with Crippen LogP contribution in [0.25, 0.3) is 0 Å². The molecular formula is C13H14BrFN2O2. The van der Waals surface area contributed by atoms with Crippen molar-refractivity contribution in [1.82, 2.24) is 10.2 Å². The normalized spacial score (nSPS) is 18.5. The SMILES string of the molecule is CNC(=O)C1CCCN1C(=O)c1ccc(Br)c(F)c1. The van der Waals surface area contributed by atoms with Gasteiger partial charge in [0.15, 0.2) is 0 Å². The third-order valence-electron chi connectivity index (χ3n) is 3.23. The number of nitrogens with one attached hydrogen (secondary N) is 1. The zero-order valence-electron chi connectivity index (χ0n) is 10.5. The second-order valence-corrected chi connectivity index (χ2v) is 5.25. The highest BCUT2D eigenvalue weighted by Gasteiger charge is 2.34. The fraction of sp³-hybridized carbons (Fsp3) is 0.385. The molecule has 1 saturated heterocycles. The van der Waals surface area contributed by atoms with Crippen LogP contribution in [-0.2, 0) is 4.79 Å². The minimum absolute atomic E-state index is 0.177. The van der Waals surface area contributed by atoms with Crippen molar-refractivity contribution in [2.75, 3.05) is 13.6 Å². The number of nitrogens with zero attached hydrogens (tertiary/aromatic N) is 1. The van der Waals surface area contributed by atoms with Crippen molar-refractivity contribution in [2.45, 2.75) is 18.9 Å². The average Bonchev–Trinajstić information content (AvgIpc) is 2.89. The Labute approximate surface area is 119 Å². The molecule has 1 heterocycles. The molecule has 1 unspecified atom stereocenters. The van der Waals surface area contributed by atoms with Crippen molar-refractivity contribution in [2.24, 2.45) is 0 Å². The molecule has 1 aliphatic rings. The number of hydrogen-bond acceptors (Lipinski definition) is 2. The fourth-order valence-corrected chi connectivity index (χ4v) is 2.49. The number of benzene rings is 1. The lowest BCUT2D eigenvalue weighted by atomic mass is 10.1.